The Kier molecular flexibility index (Phi) is 7.33. The molecule has 194 valence electrons. The summed E-state index contributed by atoms with van der Waals surface area (Å²) in [7, 11) is 0. The summed E-state index contributed by atoms with van der Waals surface area (Å²) in [5.41, 5.74) is 0.350. The third kappa shape index (κ3) is 5.52. The van der Waals surface area contributed by atoms with E-state index < -0.39 is 11.7 Å². The summed E-state index contributed by atoms with van der Waals surface area (Å²) in [4.78, 5) is 67.9. The molecular formula is C26H34N4O6. The van der Waals surface area contributed by atoms with Crippen LogP contribution in [0, 0.1) is 0 Å². The predicted octanol–water partition coefficient (Wildman–Crippen LogP) is 2.42. The van der Waals surface area contributed by atoms with E-state index in [0.717, 1.165) is 32.1 Å². The minimum atomic E-state index is -0.656. The SMILES string of the molecule is CC(C)(C)OC(=O)NCC(=O)N1CCN(C(=O)c2ccc3c(c2)C(=O)N(C2CCCCC2)C3=O)CC1. The molecule has 0 atom stereocenters. The summed E-state index contributed by atoms with van der Waals surface area (Å²) >= 11 is 0. The van der Waals surface area contributed by atoms with Crippen LogP contribution >= 0.6 is 0 Å². The Morgan fingerprint density at radius 3 is 2.17 bits per heavy atom. The van der Waals surface area contributed by atoms with Gasteiger partial charge in [-0.1, -0.05) is 19.3 Å². The van der Waals surface area contributed by atoms with Crippen LogP contribution in [0.2, 0.25) is 0 Å². The van der Waals surface area contributed by atoms with Crippen molar-refractivity contribution >= 4 is 29.7 Å². The van der Waals surface area contributed by atoms with Crippen LogP contribution in [-0.4, -0.2) is 88.8 Å². The Morgan fingerprint density at radius 2 is 1.53 bits per heavy atom. The number of fused-ring (bicyclic) bond motifs is 1. The van der Waals surface area contributed by atoms with Crippen LogP contribution in [0.3, 0.4) is 0 Å². The molecule has 3 aliphatic rings. The van der Waals surface area contributed by atoms with Gasteiger partial charge in [-0.25, -0.2) is 4.79 Å². The molecule has 0 radical (unpaired) electrons. The molecule has 0 unspecified atom stereocenters. The molecule has 2 heterocycles. The minimum absolute atomic E-state index is 0.0688. The molecule has 1 aromatic carbocycles. The number of hydrogen-bond acceptors (Lipinski definition) is 6. The molecule has 1 aromatic rings. The third-order valence-corrected chi connectivity index (χ3v) is 6.81. The van der Waals surface area contributed by atoms with Crippen molar-refractivity contribution in [2.75, 3.05) is 32.7 Å². The Hall–Kier alpha value is -3.43. The van der Waals surface area contributed by atoms with Gasteiger partial charge >= 0.3 is 6.09 Å². The number of nitrogens with one attached hydrogen (secondary N) is 1. The molecule has 0 spiro atoms. The van der Waals surface area contributed by atoms with Gasteiger partial charge in [-0.2, -0.15) is 0 Å². The first kappa shape index (κ1) is 25.7. The van der Waals surface area contributed by atoms with E-state index in [4.69, 9.17) is 4.74 Å². The highest BCUT2D eigenvalue weighted by Gasteiger charge is 2.40. The van der Waals surface area contributed by atoms with Crippen molar-refractivity contribution in [3.8, 4) is 0 Å². The summed E-state index contributed by atoms with van der Waals surface area (Å²) in [5.74, 6) is -1.08. The first-order valence-corrected chi connectivity index (χ1v) is 12.6. The lowest BCUT2D eigenvalue weighted by molar-refractivity contribution is -0.131. The minimum Gasteiger partial charge on any atom is -0.444 e. The number of hydrogen-bond donors (Lipinski definition) is 1. The summed E-state index contributed by atoms with van der Waals surface area (Å²) < 4.78 is 5.14. The number of carbonyl (C=O) groups excluding carboxylic acids is 5. The second kappa shape index (κ2) is 10.3. The first-order chi connectivity index (χ1) is 17.0. The number of alkyl carbamates (subject to hydrolysis) is 1. The van der Waals surface area contributed by atoms with Crippen LogP contribution in [0.25, 0.3) is 0 Å². The number of benzene rings is 1. The van der Waals surface area contributed by atoms with Crippen molar-refractivity contribution < 1.29 is 28.7 Å². The first-order valence-electron chi connectivity index (χ1n) is 12.6. The number of imide groups is 1. The van der Waals surface area contributed by atoms with Crippen LogP contribution in [0.4, 0.5) is 4.79 Å². The van der Waals surface area contributed by atoms with Crippen LogP contribution in [0.5, 0.6) is 0 Å². The number of ether oxygens (including phenoxy) is 1. The lowest BCUT2D eigenvalue weighted by atomic mass is 9.94. The van der Waals surface area contributed by atoms with Gasteiger partial charge in [-0.3, -0.25) is 24.1 Å². The van der Waals surface area contributed by atoms with Crippen LogP contribution in [-0.2, 0) is 9.53 Å². The van der Waals surface area contributed by atoms with Gasteiger partial charge in [0.15, 0.2) is 0 Å². The maximum atomic E-state index is 13.1. The molecule has 1 aliphatic carbocycles. The maximum Gasteiger partial charge on any atom is 0.408 e. The largest absolute Gasteiger partial charge is 0.444 e. The van der Waals surface area contributed by atoms with E-state index in [1.807, 2.05) is 0 Å². The van der Waals surface area contributed by atoms with Crippen molar-refractivity contribution in [1.29, 1.82) is 0 Å². The van der Waals surface area contributed by atoms with E-state index in [0.29, 0.717) is 42.9 Å². The van der Waals surface area contributed by atoms with E-state index in [1.54, 1.807) is 42.7 Å². The fraction of sp³-hybridized carbons (Fsp3) is 0.577. The lowest BCUT2D eigenvalue weighted by Crippen LogP contribution is -2.52. The summed E-state index contributed by atoms with van der Waals surface area (Å²) in [5, 5.41) is 2.46. The molecule has 5 amide bonds. The predicted molar refractivity (Wildman–Crippen MR) is 131 cm³/mol. The van der Waals surface area contributed by atoms with Gasteiger partial charge in [0, 0.05) is 37.8 Å². The fourth-order valence-corrected chi connectivity index (χ4v) is 4.98. The highest BCUT2D eigenvalue weighted by Crippen LogP contribution is 2.31. The summed E-state index contributed by atoms with van der Waals surface area (Å²) in [6.07, 6.45) is 4.13. The van der Waals surface area contributed by atoms with Crippen LogP contribution in [0.15, 0.2) is 18.2 Å². The van der Waals surface area contributed by atoms with Gasteiger partial charge < -0.3 is 19.9 Å². The molecule has 2 fully saturated rings. The third-order valence-electron chi connectivity index (χ3n) is 6.81. The van der Waals surface area contributed by atoms with E-state index >= 15 is 0 Å². The molecule has 2 aliphatic heterocycles. The molecule has 10 nitrogen and oxygen atoms in total. The van der Waals surface area contributed by atoms with E-state index in [9.17, 15) is 24.0 Å². The zero-order chi connectivity index (χ0) is 26.0. The topological polar surface area (TPSA) is 116 Å². The quantitative estimate of drug-likeness (QED) is 0.638. The van der Waals surface area contributed by atoms with Gasteiger partial charge in [0.05, 0.1) is 11.1 Å². The van der Waals surface area contributed by atoms with Crippen molar-refractivity contribution in [2.24, 2.45) is 0 Å². The smallest absolute Gasteiger partial charge is 0.408 e. The van der Waals surface area contributed by atoms with Crippen molar-refractivity contribution in [2.45, 2.75) is 64.5 Å². The normalized spacial score (nSPS) is 18.8. The van der Waals surface area contributed by atoms with Gasteiger partial charge in [0.1, 0.15) is 12.1 Å². The molecule has 0 aromatic heterocycles. The highest BCUT2D eigenvalue weighted by atomic mass is 16.6. The van der Waals surface area contributed by atoms with Crippen molar-refractivity contribution in [1.82, 2.24) is 20.0 Å². The lowest BCUT2D eigenvalue weighted by Gasteiger charge is -2.35. The Bertz CT molecular complexity index is 1060. The molecule has 0 bridgehead atoms. The molecule has 36 heavy (non-hydrogen) atoms. The second-order valence-corrected chi connectivity index (χ2v) is 10.6. The molecule has 1 N–H and O–H groups in total. The highest BCUT2D eigenvalue weighted by molar-refractivity contribution is 6.22. The molecule has 1 saturated heterocycles. The average molecular weight is 499 g/mol. The van der Waals surface area contributed by atoms with E-state index in [2.05, 4.69) is 5.32 Å². The fourth-order valence-electron chi connectivity index (χ4n) is 4.98. The monoisotopic (exact) mass is 498 g/mol. The molecule has 1 saturated carbocycles. The van der Waals surface area contributed by atoms with Gasteiger partial charge in [0.25, 0.3) is 17.7 Å². The van der Waals surface area contributed by atoms with Crippen LogP contribution < -0.4 is 5.32 Å². The number of amides is 5. The average Bonchev–Trinajstić information content (AvgIpc) is 3.11. The van der Waals surface area contributed by atoms with Crippen LogP contribution in [0.1, 0.15) is 83.9 Å². The molecular weight excluding hydrogens is 464 g/mol. The van der Waals surface area contributed by atoms with E-state index in [-0.39, 0.29) is 36.2 Å². The van der Waals surface area contributed by atoms with Crippen molar-refractivity contribution in [3.05, 3.63) is 34.9 Å². The zero-order valence-electron chi connectivity index (χ0n) is 21.2. The molecule has 10 heteroatoms. The number of rotatable bonds is 4. The van der Waals surface area contributed by atoms with Crippen molar-refractivity contribution in [3.63, 3.8) is 0 Å². The Labute approximate surface area is 210 Å². The maximum absolute atomic E-state index is 13.1. The van der Waals surface area contributed by atoms with Gasteiger partial charge in [0.2, 0.25) is 5.91 Å². The summed E-state index contributed by atoms with van der Waals surface area (Å²) in [6.45, 7) is 6.37. The number of carbonyl (C=O) groups is 5. The van der Waals surface area contributed by atoms with Gasteiger partial charge in [-0.05, 0) is 51.8 Å². The second-order valence-electron chi connectivity index (χ2n) is 10.6. The van der Waals surface area contributed by atoms with E-state index in [1.165, 1.54) is 11.0 Å². The standard InChI is InChI=1S/C26H34N4O6/c1-26(2,3)36-25(35)27-16-21(31)28-11-13-29(14-12-28)22(32)17-9-10-19-20(15-17)24(34)30(23(19)33)18-7-5-4-6-8-18/h9-10,15,18H,4-8,11-14,16H2,1-3H3,(H,27,35). The molecule has 4 rings (SSSR count). The number of piperazine rings is 1. The Balaban J connectivity index is 1.33. The summed E-state index contributed by atoms with van der Waals surface area (Å²) in [6, 6.07) is 4.64. The van der Waals surface area contributed by atoms with Gasteiger partial charge in [-0.15, -0.1) is 0 Å². The zero-order valence-corrected chi connectivity index (χ0v) is 21.2. The Morgan fingerprint density at radius 1 is 0.917 bits per heavy atom. The number of nitrogens with zero attached hydrogens (tertiary/aromatic N) is 3.